The van der Waals surface area contributed by atoms with Crippen molar-refractivity contribution in [1.29, 1.82) is 0 Å². The van der Waals surface area contributed by atoms with E-state index in [-0.39, 0.29) is 0 Å². The minimum atomic E-state index is 0.531. The number of aryl methyl sites for hydroxylation is 1. The molecule has 0 saturated carbocycles. The third kappa shape index (κ3) is 2.68. The first-order valence-electron chi connectivity index (χ1n) is 6.48. The maximum absolute atomic E-state index is 5.70. The summed E-state index contributed by atoms with van der Waals surface area (Å²) in [5.41, 5.74) is 7.80. The Balaban J connectivity index is 1.64. The van der Waals surface area contributed by atoms with E-state index in [0.717, 1.165) is 43.1 Å². The molecule has 0 amide bonds. The van der Waals surface area contributed by atoms with Gasteiger partial charge in [-0.2, -0.15) is 5.10 Å². The average molecular weight is 275 g/mol. The maximum Gasteiger partial charge on any atom is 0.180 e. The van der Waals surface area contributed by atoms with E-state index in [2.05, 4.69) is 25.5 Å². The predicted octanol–water partition coefficient (Wildman–Crippen LogP) is 2.21. The van der Waals surface area contributed by atoms with Crippen molar-refractivity contribution in [2.75, 3.05) is 23.7 Å². The fourth-order valence-electron chi connectivity index (χ4n) is 2.45. The van der Waals surface area contributed by atoms with Crippen LogP contribution in [-0.2, 0) is 0 Å². The summed E-state index contributed by atoms with van der Waals surface area (Å²) in [4.78, 5) is 6.68. The van der Waals surface area contributed by atoms with Gasteiger partial charge in [-0.05, 0) is 31.9 Å². The number of nitrogens with zero attached hydrogens (tertiary/aromatic N) is 4. The number of hydrogen-bond acceptors (Lipinski definition) is 6. The number of nitrogen functional groups attached to an aromatic ring is 1. The molecule has 0 aromatic carbocycles. The minimum Gasteiger partial charge on any atom is -0.375 e. The lowest BCUT2D eigenvalue weighted by molar-refractivity contribution is 0.494. The third-order valence-electron chi connectivity index (χ3n) is 3.56. The molecule has 1 saturated heterocycles. The highest BCUT2D eigenvalue weighted by Gasteiger charge is 2.23. The summed E-state index contributed by atoms with van der Waals surface area (Å²) in [6.45, 7) is 3.95. The Hall–Kier alpha value is -1.69. The number of nitrogens with two attached hydrogens (primary N) is 1. The molecule has 2 aromatic heterocycles. The first kappa shape index (κ1) is 12.3. The van der Waals surface area contributed by atoms with Crippen molar-refractivity contribution < 1.29 is 0 Å². The molecule has 1 fully saturated rings. The molecule has 0 bridgehead atoms. The van der Waals surface area contributed by atoms with E-state index in [9.17, 15) is 0 Å². The van der Waals surface area contributed by atoms with Crippen molar-refractivity contribution in [2.24, 2.45) is 0 Å². The number of piperidine rings is 1. The van der Waals surface area contributed by atoms with Crippen LogP contribution in [0, 0.1) is 6.92 Å². The van der Waals surface area contributed by atoms with Crippen LogP contribution in [0.15, 0.2) is 17.5 Å². The second-order valence-corrected chi connectivity index (χ2v) is 5.79. The summed E-state index contributed by atoms with van der Waals surface area (Å²) in [7, 11) is 0. The lowest BCUT2D eigenvalue weighted by Gasteiger charge is -2.31. The fraction of sp³-hybridized carbons (Fsp3) is 0.462. The highest BCUT2D eigenvalue weighted by Crippen LogP contribution is 2.30. The Kier molecular flexibility index (Phi) is 3.33. The maximum atomic E-state index is 5.70. The normalized spacial score (nSPS) is 16.8. The molecule has 5 nitrogen and oxygen atoms in total. The van der Waals surface area contributed by atoms with Crippen molar-refractivity contribution in [3.8, 4) is 0 Å². The molecule has 0 aliphatic carbocycles. The molecule has 0 spiro atoms. The Labute approximate surface area is 116 Å². The number of aromatic nitrogens is 3. The highest BCUT2D eigenvalue weighted by molar-refractivity contribution is 7.13. The first-order valence-corrected chi connectivity index (χ1v) is 7.36. The lowest BCUT2D eigenvalue weighted by atomic mass is 9.94. The summed E-state index contributed by atoms with van der Waals surface area (Å²) < 4.78 is 0. The van der Waals surface area contributed by atoms with Crippen LogP contribution in [0.1, 0.15) is 30.1 Å². The van der Waals surface area contributed by atoms with Crippen LogP contribution in [-0.4, -0.2) is 28.3 Å². The smallest absolute Gasteiger partial charge is 0.180 e. The molecule has 19 heavy (non-hydrogen) atoms. The van der Waals surface area contributed by atoms with Crippen LogP contribution in [0.25, 0.3) is 0 Å². The van der Waals surface area contributed by atoms with Crippen LogP contribution < -0.4 is 10.6 Å². The third-order valence-corrected chi connectivity index (χ3v) is 4.25. The monoisotopic (exact) mass is 275 g/mol. The Morgan fingerprint density at radius 3 is 2.63 bits per heavy atom. The van der Waals surface area contributed by atoms with Gasteiger partial charge < -0.3 is 10.6 Å². The number of anilines is 2. The number of rotatable bonds is 2. The van der Waals surface area contributed by atoms with E-state index in [1.165, 1.54) is 11.3 Å². The van der Waals surface area contributed by atoms with E-state index >= 15 is 0 Å². The van der Waals surface area contributed by atoms with Crippen LogP contribution in [0.2, 0.25) is 0 Å². The molecular weight excluding hydrogens is 258 g/mol. The van der Waals surface area contributed by atoms with Crippen molar-refractivity contribution >= 4 is 22.3 Å². The van der Waals surface area contributed by atoms with Crippen molar-refractivity contribution in [3.05, 3.63) is 28.9 Å². The molecular formula is C13H17N5S. The van der Waals surface area contributed by atoms with E-state index in [1.807, 2.05) is 19.1 Å². The Morgan fingerprint density at radius 2 is 2.05 bits per heavy atom. The van der Waals surface area contributed by atoms with E-state index in [1.54, 1.807) is 0 Å². The van der Waals surface area contributed by atoms with Crippen molar-refractivity contribution in [1.82, 2.24) is 15.2 Å². The first-order chi connectivity index (χ1) is 9.22. The van der Waals surface area contributed by atoms with Crippen molar-refractivity contribution in [3.63, 3.8) is 0 Å². The molecule has 2 aromatic rings. The zero-order valence-corrected chi connectivity index (χ0v) is 11.7. The van der Waals surface area contributed by atoms with Crippen LogP contribution in [0.4, 0.5) is 10.9 Å². The summed E-state index contributed by atoms with van der Waals surface area (Å²) in [6, 6.07) is 4.05. The second-order valence-electron chi connectivity index (χ2n) is 4.90. The highest BCUT2D eigenvalue weighted by atomic mass is 32.1. The molecule has 100 valence electrons. The van der Waals surface area contributed by atoms with Gasteiger partial charge in [0.15, 0.2) is 10.9 Å². The molecule has 0 atom stereocenters. The van der Waals surface area contributed by atoms with Gasteiger partial charge in [-0.1, -0.05) is 0 Å². The molecule has 3 rings (SSSR count). The van der Waals surface area contributed by atoms with Gasteiger partial charge in [0, 0.05) is 24.4 Å². The van der Waals surface area contributed by atoms with Gasteiger partial charge in [-0.3, -0.25) is 0 Å². The largest absolute Gasteiger partial charge is 0.375 e. The lowest BCUT2D eigenvalue weighted by Crippen LogP contribution is -2.33. The summed E-state index contributed by atoms with van der Waals surface area (Å²) in [5.74, 6) is 1.50. The molecule has 2 N–H and O–H groups in total. The quantitative estimate of drug-likeness (QED) is 0.910. The molecule has 1 aliphatic heterocycles. The Morgan fingerprint density at radius 1 is 1.26 bits per heavy atom. The van der Waals surface area contributed by atoms with Gasteiger partial charge in [0.1, 0.15) is 0 Å². The molecule has 0 radical (unpaired) electrons. The fourth-order valence-corrected chi connectivity index (χ4v) is 3.10. The predicted molar refractivity (Wildman–Crippen MR) is 77.5 cm³/mol. The van der Waals surface area contributed by atoms with Gasteiger partial charge in [-0.25, -0.2) is 4.98 Å². The zero-order valence-electron chi connectivity index (χ0n) is 10.9. The zero-order chi connectivity index (χ0) is 13.2. The van der Waals surface area contributed by atoms with E-state index < -0.39 is 0 Å². The second kappa shape index (κ2) is 5.13. The molecule has 6 heteroatoms. The molecule has 1 aliphatic rings. The van der Waals surface area contributed by atoms with Gasteiger partial charge in [0.25, 0.3) is 0 Å². The topological polar surface area (TPSA) is 67.9 Å². The van der Waals surface area contributed by atoms with Crippen LogP contribution in [0.3, 0.4) is 0 Å². The van der Waals surface area contributed by atoms with Crippen molar-refractivity contribution in [2.45, 2.75) is 25.7 Å². The number of hydrogen-bond donors (Lipinski definition) is 1. The summed E-state index contributed by atoms with van der Waals surface area (Å²) in [5, 5.41) is 11.1. The van der Waals surface area contributed by atoms with Gasteiger partial charge in [0.2, 0.25) is 0 Å². The van der Waals surface area contributed by atoms with Gasteiger partial charge >= 0.3 is 0 Å². The number of thiazole rings is 1. The molecule has 0 unspecified atom stereocenters. The average Bonchev–Trinajstić information content (AvgIpc) is 2.87. The van der Waals surface area contributed by atoms with Crippen LogP contribution in [0.5, 0.6) is 0 Å². The SMILES string of the molecule is Cc1ccc(N2CCC(c3csc(N)n3)CC2)nn1. The van der Waals surface area contributed by atoms with E-state index in [4.69, 9.17) is 5.73 Å². The van der Waals surface area contributed by atoms with Gasteiger partial charge in [0.05, 0.1) is 11.4 Å². The van der Waals surface area contributed by atoms with Gasteiger partial charge in [-0.15, -0.1) is 16.4 Å². The standard InChI is InChI=1S/C13H17N5S/c1-9-2-3-12(17-16-9)18-6-4-10(5-7-18)11-8-19-13(14)15-11/h2-3,8,10H,4-7H2,1H3,(H2,14,15). The summed E-state index contributed by atoms with van der Waals surface area (Å²) in [6.07, 6.45) is 2.19. The van der Waals surface area contributed by atoms with E-state index in [0.29, 0.717) is 11.0 Å². The Bertz CT molecular complexity index is 542. The minimum absolute atomic E-state index is 0.531. The molecule has 3 heterocycles. The van der Waals surface area contributed by atoms with Crippen LogP contribution >= 0.6 is 11.3 Å². The summed E-state index contributed by atoms with van der Waals surface area (Å²) >= 11 is 1.53.